The van der Waals surface area contributed by atoms with Gasteiger partial charge in [-0.25, -0.2) is 4.79 Å². The Hall–Kier alpha value is -2.23. The highest BCUT2D eigenvalue weighted by Gasteiger charge is 2.19. The molecule has 1 unspecified atom stereocenters. The highest BCUT2D eigenvalue weighted by Crippen LogP contribution is 2.29. The summed E-state index contributed by atoms with van der Waals surface area (Å²) >= 11 is 0. The summed E-state index contributed by atoms with van der Waals surface area (Å²) in [5.41, 5.74) is 1.41. The van der Waals surface area contributed by atoms with Gasteiger partial charge in [0.15, 0.2) is 6.10 Å². The smallest absolute Gasteiger partial charge is 0.371 e. The van der Waals surface area contributed by atoms with Gasteiger partial charge in [-0.05, 0) is 48.6 Å². The molecule has 0 saturated heterocycles. The highest BCUT2D eigenvalue weighted by atomic mass is 16.5. The van der Waals surface area contributed by atoms with Gasteiger partial charge in [0.2, 0.25) is 5.76 Å². The fraction of sp³-hybridized carbons (Fsp3) is 0.389. The number of carboxylic acid groups (broad SMARTS) is 1. The average Bonchev–Trinajstić information content (AvgIpc) is 2.98. The molecule has 1 N–H and O–H groups in total. The zero-order chi connectivity index (χ0) is 16.3. The number of aromatic carboxylic acids is 1. The van der Waals surface area contributed by atoms with Crippen LogP contribution in [-0.4, -0.2) is 11.1 Å². The number of benzene rings is 1. The zero-order valence-electron chi connectivity index (χ0n) is 13.4. The van der Waals surface area contributed by atoms with Crippen LogP contribution in [0.4, 0.5) is 0 Å². The Morgan fingerprint density at radius 1 is 1.23 bits per heavy atom. The van der Waals surface area contributed by atoms with Crippen molar-refractivity contribution in [3.8, 4) is 5.75 Å². The summed E-state index contributed by atoms with van der Waals surface area (Å²) in [6.45, 7) is 8.42. The molecule has 2 aromatic rings. The Kier molecular flexibility index (Phi) is 4.59. The molecule has 0 aliphatic carbocycles. The van der Waals surface area contributed by atoms with Gasteiger partial charge in [-0.1, -0.05) is 32.9 Å². The maximum absolute atomic E-state index is 10.8. The van der Waals surface area contributed by atoms with Gasteiger partial charge in [-0.15, -0.1) is 0 Å². The minimum Gasteiger partial charge on any atom is -0.483 e. The second kappa shape index (κ2) is 6.26. The summed E-state index contributed by atoms with van der Waals surface area (Å²) in [4.78, 5) is 10.8. The van der Waals surface area contributed by atoms with Crippen LogP contribution < -0.4 is 4.74 Å². The van der Waals surface area contributed by atoms with Crippen molar-refractivity contribution >= 4 is 5.97 Å². The third-order valence-corrected chi connectivity index (χ3v) is 4.07. The van der Waals surface area contributed by atoms with Crippen molar-refractivity contribution in [3.63, 3.8) is 0 Å². The minimum atomic E-state index is -1.08. The largest absolute Gasteiger partial charge is 0.483 e. The fourth-order valence-corrected chi connectivity index (χ4v) is 2.14. The lowest BCUT2D eigenvalue weighted by Crippen LogP contribution is -2.15. The molecule has 0 spiro atoms. The second-order valence-corrected chi connectivity index (χ2v) is 6.03. The van der Waals surface area contributed by atoms with E-state index >= 15 is 0 Å². The molecule has 2 rings (SSSR count). The molecular formula is C18H22O4. The fourth-order valence-electron chi connectivity index (χ4n) is 2.14. The molecule has 0 radical (unpaired) electrons. The topological polar surface area (TPSA) is 59.7 Å². The van der Waals surface area contributed by atoms with E-state index < -0.39 is 5.97 Å². The minimum absolute atomic E-state index is 0.0782. The second-order valence-electron chi connectivity index (χ2n) is 6.03. The number of hydrogen-bond acceptors (Lipinski definition) is 3. The molecule has 0 aliphatic heterocycles. The van der Waals surface area contributed by atoms with Crippen LogP contribution in [-0.2, 0) is 5.41 Å². The van der Waals surface area contributed by atoms with Gasteiger partial charge >= 0.3 is 5.97 Å². The van der Waals surface area contributed by atoms with Gasteiger partial charge in [-0.2, -0.15) is 0 Å². The molecule has 1 heterocycles. The first-order valence-electron chi connectivity index (χ1n) is 7.43. The molecule has 0 bridgehead atoms. The number of carboxylic acids is 1. The maximum atomic E-state index is 10.8. The van der Waals surface area contributed by atoms with Crippen molar-refractivity contribution in [2.24, 2.45) is 0 Å². The Morgan fingerprint density at radius 2 is 1.86 bits per heavy atom. The predicted molar refractivity (Wildman–Crippen MR) is 84.5 cm³/mol. The van der Waals surface area contributed by atoms with Crippen molar-refractivity contribution in [2.45, 2.75) is 45.6 Å². The predicted octanol–water partition coefficient (Wildman–Crippen LogP) is 4.81. The van der Waals surface area contributed by atoms with Crippen LogP contribution in [0.1, 0.15) is 62.1 Å². The standard InChI is InChI=1S/C18H22O4/c1-5-18(3,4)13-6-8-14(9-7-13)21-12(2)15-10-11-16(22-15)17(19)20/h6-12H,5H2,1-4H3,(H,19,20). The van der Waals surface area contributed by atoms with Crippen LogP contribution in [0.5, 0.6) is 5.75 Å². The Balaban J connectivity index is 2.08. The van der Waals surface area contributed by atoms with E-state index in [1.165, 1.54) is 11.6 Å². The zero-order valence-corrected chi connectivity index (χ0v) is 13.4. The average molecular weight is 302 g/mol. The molecule has 1 aromatic heterocycles. The quantitative estimate of drug-likeness (QED) is 0.832. The lowest BCUT2D eigenvalue weighted by atomic mass is 9.82. The van der Waals surface area contributed by atoms with Crippen molar-refractivity contribution in [3.05, 3.63) is 53.5 Å². The van der Waals surface area contributed by atoms with Crippen molar-refractivity contribution < 1.29 is 19.1 Å². The molecule has 22 heavy (non-hydrogen) atoms. The van der Waals surface area contributed by atoms with E-state index in [0.717, 1.165) is 12.2 Å². The van der Waals surface area contributed by atoms with Crippen molar-refractivity contribution in [1.29, 1.82) is 0 Å². The summed E-state index contributed by atoms with van der Waals surface area (Å²) < 4.78 is 11.1. The third kappa shape index (κ3) is 3.50. The Morgan fingerprint density at radius 3 is 2.36 bits per heavy atom. The van der Waals surface area contributed by atoms with Gasteiger partial charge in [0.1, 0.15) is 11.5 Å². The van der Waals surface area contributed by atoms with Gasteiger partial charge in [0.25, 0.3) is 0 Å². The third-order valence-electron chi connectivity index (χ3n) is 4.07. The maximum Gasteiger partial charge on any atom is 0.371 e. The molecule has 4 nitrogen and oxygen atoms in total. The van der Waals surface area contributed by atoms with E-state index in [1.807, 2.05) is 19.1 Å². The van der Waals surface area contributed by atoms with Gasteiger partial charge in [-0.3, -0.25) is 0 Å². The summed E-state index contributed by atoms with van der Waals surface area (Å²) in [7, 11) is 0. The lowest BCUT2D eigenvalue weighted by molar-refractivity contribution is 0.0655. The van der Waals surface area contributed by atoms with Crippen LogP contribution in [0.25, 0.3) is 0 Å². The SMILES string of the molecule is CCC(C)(C)c1ccc(OC(C)c2ccc(C(=O)O)o2)cc1. The van der Waals surface area contributed by atoms with E-state index in [9.17, 15) is 4.79 Å². The van der Waals surface area contributed by atoms with Crippen LogP contribution in [0.15, 0.2) is 40.8 Å². The van der Waals surface area contributed by atoms with Crippen LogP contribution >= 0.6 is 0 Å². The number of hydrogen-bond donors (Lipinski definition) is 1. The van der Waals surface area contributed by atoms with Crippen molar-refractivity contribution in [1.82, 2.24) is 0 Å². The molecule has 1 aromatic carbocycles. The number of ether oxygens (including phenoxy) is 1. The van der Waals surface area contributed by atoms with E-state index in [4.69, 9.17) is 14.3 Å². The summed E-state index contributed by atoms with van der Waals surface area (Å²) in [6, 6.07) is 11.1. The van der Waals surface area contributed by atoms with E-state index in [2.05, 4.69) is 32.9 Å². The molecule has 4 heteroatoms. The van der Waals surface area contributed by atoms with Gasteiger partial charge in [0, 0.05) is 0 Å². The monoisotopic (exact) mass is 302 g/mol. The number of carbonyl (C=O) groups is 1. The number of rotatable bonds is 6. The van der Waals surface area contributed by atoms with Crippen molar-refractivity contribution in [2.75, 3.05) is 0 Å². The summed E-state index contributed by atoms with van der Waals surface area (Å²) in [6.07, 6.45) is 0.715. The van der Waals surface area contributed by atoms with E-state index in [1.54, 1.807) is 6.07 Å². The first-order valence-corrected chi connectivity index (χ1v) is 7.43. The van der Waals surface area contributed by atoms with Crippen LogP contribution in [0, 0.1) is 0 Å². The number of furan rings is 1. The summed E-state index contributed by atoms with van der Waals surface area (Å²) in [5.74, 6) is 0.0712. The van der Waals surface area contributed by atoms with E-state index in [-0.39, 0.29) is 17.3 Å². The Labute approximate surface area is 130 Å². The van der Waals surface area contributed by atoms with Gasteiger partial charge < -0.3 is 14.3 Å². The highest BCUT2D eigenvalue weighted by molar-refractivity contribution is 5.84. The summed E-state index contributed by atoms with van der Waals surface area (Å²) in [5, 5.41) is 8.87. The normalized spacial score (nSPS) is 12.9. The van der Waals surface area contributed by atoms with Crippen LogP contribution in [0.3, 0.4) is 0 Å². The molecule has 0 amide bonds. The first kappa shape index (κ1) is 16.1. The molecule has 1 atom stereocenters. The molecule has 0 saturated carbocycles. The first-order chi connectivity index (χ1) is 10.3. The Bertz CT molecular complexity index is 637. The van der Waals surface area contributed by atoms with E-state index in [0.29, 0.717) is 5.76 Å². The molecule has 118 valence electrons. The van der Waals surface area contributed by atoms with Crippen LogP contribution in [0.2, 0.25) is 0 Å². The molecule has 0 fully saturated rings. The molecular weight excluding hydrogens is 280 g/mol. The van der Waals surface area contributed by atoms with Gasteiger partial charge in [0.05, 0.1) is 0 Å². The molecule has 0 aliphatic rings. The lowest BCUT2D eigenvalue weighted by Gasteiger charge is -2.23.